The first kappa shape index (κ1) is 5.37. The zero-order valence-electron chi connectivity index (χ0n) is 4.48. The van der Waals surface area contributed by atoms with Crippen LogP contribution in [0.15, 0.2) is 4.99 Å². The molecule has 0 aliphatic carbocycles. The minimum Gasteiger partial charge on any atom is -0.839 e. The summed E-state index contributed by atoms with van der Waals surface area (Å²) >= 11 is 0. The molecule has 0 amide bonds. The van der Waals surface area contributed by atoms with Crippen molar-refractivity contribution in [2.45, 2.75) is 0 Å². The van der Waals surface area contributed by atoms with Crippen LogP contribution in [-0.2, 0) is 0 Å². The van der Waals surface area contributed by atoms with E-state index < -0.39 is 0 Å². The van der Waals surface area contributed by atoms with E-state index in [-0.39, 0.29) is 6.73 Å². The molecule has 0 saturated heterocycles. The first-order chi connectivity index (χ1) is 3.93. The van der Waals surface area contributed by atoms with Gasteiger partial charge in [-0.1, -0.05) is 6.73 Å². The number of hydrogen-bond acceptors (Lipinski definition) is 4. The monoisotopic (exact) mass is 114 g/mol. The van der Waals surface area contributed by atoms with Gasteiger partial charge in [-0.05, 0) is 0 Å². The van der Waals surface area contributed by atoms with E-state index in [1.165, 1.54) is 0 Å². The standard InChI is InChI=1S/C4H8N3O/c8-3-7-4-5-1-2-6-4/h1-3H2,(H2,5,6,7)/q-1. The zero-order valence-corrected chi connectivity index (χ0v) is 4.48. The molecule has 0 unspecified atom stereocenters. The quantitative estimate of drug-likeness (QED) is 0.382. The molecule has 0 bridgehead atoms. The van der Waals surface area contributed by atoms with E-state index in [9.17, 15) is 5.11 Å². The van der Waals surface area contributed by atoms with Crippen molar-refractivity contribution in [3.63, 3.8) is 0 Å². The van der Waals surface area contributed by atoms with Crippen LogP contribution in [0.4, 0.5) is 0 Å². The highest BCUT2D eigenvalue weighted by Crippen LogP contribution is 1.78. The van der Waals surface area contributed by atoms with Crippen LogP contribution in [0.2, 0.25) is 0 Å². The summed E-state index contributed by atoms with van der Waals surface area (Å²) in [5, 5.41) is 15.3. The summed E-state index contributed by atoms with van der Waals surface area (Å²) in [4.78, 5) is 3.92. The molecule has 2 N–H and O–H groups in total. The Morgan fingerprint density at radius 3 is 3.25 bits per heavy atom. The van der Waals surface area contributed by atoms with E-state index in [0.29, 0.717) is 5.96 Å². The maximum atomic E-state index is 9.85. The van der Waals surface area contributed by atoms with Crippen molar-refractivity contribution in [3.8, 4) is 0 Å². The maximum Gasteiger partial charge on any atom is 0.190 e. The third-order valence-corrected chi connectivity index (χ3v) is 0.914. The lowest BCUT2D eigenvalue weighted by molar-refractivity contribution is -0.371. The van der Waals surface area contributed by atoms with Crippen LogP contribution in [0.3, 0.4) is 0 Å². The highest BCUT2D eigenvalue weighted by atomic mass is 16.3. The van der Waals surface area contributed by atoms with Crippen LogP contribution < -0.4 is 15.7 Å². The van der Waals surface area contributed by atoms with E-state index in [1.54, 1.807) is 0 Å². The number of rotatable bonds is 1. The van der Waals surface area contributed by atoms with Gasteiger partial charge in [0.1, 0.15) is 0 Å². The number of nitrogens with one attached hydrogen (secondary N) is 2. The van der Waals surface area contributed by atoms with Crippen molar-refractivity contribution in [3.05, 3.63) is 0 Å². The van der Waals surface area contributed by atoms with Crippen LogP contribution in [0.25, 0.3) is 0 Å². The van der Waals surface area contributed by atoms with Crippen LogP contribution in [0.5, 0.6) is 0 Å². The summed E-state index contributed by atoms with van der Waals surface area (Å²) in [6.07, 6.45) is 0. The molecule has 0 atom stereocenters. The molecule has 0 aromatic heterocycles. The summed E-state index contributed by atoms with van der Waals surface area (Å²) in [5.74, 6) is 0.639. The lowest BCUT2D eigenvalue weighted by Crippen LogP contribution is -2.38. The predicted octanol–water partition coefficient (Wildman–Crippen LogP) is -2.15. The second kappa shape index (κ2) is 2.52. The van der Waals surface area contributed by atoms with Crippen molar-refractivity contribution < 1.29 is 5.11 Å². The molecule has 4 heteroatoms. The molecule has 0 aromatic carbocycles. The summed E-state index contributed by atoms with van der Waals surface area (Å²) in [6.45, 7) is 1.33. The molecule has 1 heterocycles. The average molecular weight is 114 g/mol. The molecular formula is C4H8N3O-. The Hall–Kier alpha value is -0.770. The minimum atomic E-state index is -0.300. The largest absolute Gasteiger partial charge is 0.839 e. The molecule has 46 valence electrons. The third-order valence-electron chi connectivity index (χ3n) is 0.914. The lowest BCUT2D eigenvalue weighted by atomic mass is 10.7. The highest BCUT2D eigenvalue weighted by Gasteiger charge is 1.98. The number of guanidine groups is 1. The van der Waals surface area contributed by atoms with E-state index in [0.717, 1.165) is 13.1 Å². The van der Waals surface area contributed by atoms with Gasteiger partial charge in [0.05, 0.1) is 6.54 Å². The van der Waals surface area contributed by atoms with E-state index >= 15 is 0 Å². The van der Waals surface area contributed by atoms with Crippen molar-refractivity contribution >= 4 is 5.96 Å². The fourth-order valence-electron chi connectivity index (χ4n) is 0.585. The smallest absolute Gasteiger partial charge is 0.190 e. The van der Waals surface area contributed by atoms with E-state index in [1.807, 2.05) is 0 Å². The third kappa shape index (κ3) is 1.10. The Labute approximate surface area is 47.6 Å². The molecule has 1 rings (SSSR count). The van der Waals surface area contributed by atoms with Crippen LogP contribution in [-0.4, -0.2) is 25.8 Å². The zero-order chi connectivity index (χ0) is 5.82. The number of nitrogens with zero attached hydrogens (tertiary/aromatic N) is 1. The Bertz CT molecular complexity index is 101. The molecule has 0 aromatic rings. The maximum absolute atomic E-state index is 9.85. The summed E-state index contributed by atoms with van der Waals surface area (Å²) in [7, 11) is 0. The van der Waals surface area contributed by atoms with Gasteiger partial charge in [0.25, 0.3) is 0 Å². The Morgan fingerprint density at radius 1 is 1.88 bits per heavy atom. The van der Waals surface area contributed by atoms with Gasteiger partial charge in [-0.2, -0.15) is 0 Å². The fraction of sp³-hybridized carbons (Fsp3) is 0.750. The second-order valence-electron chi connectivity index (χ2n) is 1.48. The van der Waals surface area contributed by atoms with Gasteiger partial charge in [0.15, 0.2) is 5.96 Å². The van der Waals surface area contributed by atoms with Gasteiger partial charge in [0, 0.05) is 6.54 Å². The number of aliphatic imine (C=N–C) groups is 1. The molecule has 8 heavy (non-hydrogen) atoms. The van der Waals surface area contributed by atoms with Crippen molar-refractivity contribution in [2.75, 3.05) is 19.8 Å². The summed E-state index contributed by atoms with van der Waals surface area (Å²) in [6, 6.07) is 0. The normalized spacial score (nSPS) is 17.4. The lowest BCUT2D eigenvalue weighted by Gasteiger charge is -2.07. The highest BCUT2D eigenvalue weighted by molar-refractivity contribution is 5.80. The van der Waals surface area contributed by atoms with Gasteiger partial charge in [0.2, 0.25) is 0 Å². The first-order valence-corrected chi connectivity index (χ1v) is 2.54. The van der Waals surface area contributed by atoms with Crippen LogP contribution >= 0.6 is 0 Å². The van der Waals surface area contributed by atoms with Crippen LogP contribution in [0.1, 0.15) is 0 Å². The van der Waals surface area contributed by atoms with Gasteiger partial charge in [-0.25, -0.2) is 0 Å². The van der Waals surface area contributed by atoms with Gasteiger partial charge in [-0.3, -0.25) is 4.99 Å². The van der Waals surface area contributed by atoms with Crippen molar-refractivity contribution in [1.82, 2.24) is 10.6 Å². The topological polar surface area (TPSA) is 59.5 Å². The molecule has 4 nitrogen and oxygen atoms in total. The Morgan fingerprint density at radius 2 is 2.75 bits per heavy atom. The van der Waals surface area contributed by atoms with E-state index in [2.05, 4.69) is 15.6 Å². The predicted molar refractivity (Wildman–Crippen MR) is 28.3 cm³/mol. The second-order valence-corrected chi connectivity index (χ2v) is 1.48. The average Bonchev–Trinajstić information content (AvgIpc) is 2.19. The van der Waals surface area contributed by atoms with Crippen LogP contribution in [0, 0.1) is 0 Å². The molecule has 1 aliphatic rings. The van der Waals surface area contributed by atoms with Gasteiger partial charge >= 0.3 is 0 Å². The van der Waals surface area contributed by atoms with Gasteiger partial charge in [-0.15, -0.1) is 0 Å². The number of hydrogen-bond donors (Lipinski definition) is 2. The molecule has 1 aliphatic heterocycles. The Balaban J connectivity index is 2.23. The van der Waals surface area contributed by atoms with E-state index in [4.69, 9.17) is 0 Å². The molecular weight excluding hydrogens is 106 g/mol. The molecule has 0 spiro atoms. The minimum absolute atomic E-state index is 0.300. The van der Waals surface area contributed by atoms with Crippen molar-refractivity contribution in [2.24, 2.45) is 4.99 Å². The van der Waals surface area contributed by atoms with Gasteiger partial charge < -0.3 is 15.7 Å². The van der Waals surface area contributed by atoms with Crippen molar-refractivity contribution in [1.29, 1.82) is 0 Å². The fourth-order valence-corrected chi connectivity index (χ4v) is 0.585. The molecule has 0 fully saturated rings. The first-order valence-electron chi connectivity index (χ1n) is 2.54. The summed E-state index contributed by atoms with van der Waals surface area (Å²) < 4.78 is 0. The Kier molecular flexibility index (Phi) is 1.69. The summed E-state index contributed by atoms with van der Waals surface area (Å²) in [5.41, 5.74) is 0. The SMILES string of the molecule is [O-]CNC1=NCCN1. The molecule has 0 radical (unpaired) electrons. The molecule has 0 saturated carbocycles.